The SMILES string of the molecule is O=C(/C=C/c1ccco1)N[C@H]1C[C@H](C(=O)NO)N(S(=O)(=O)c2ccc(Cl)c(Cl)c2)C1. The molecule has 1 aromatic carbocycles. The van der Waals surface area contributed by atoms with Gasteiger partial charge in [0.25, 0.3) is 5.91 Å². The van der Waals surface area contributed by atoms with E-state index in [2.05, 4.69) is 5.32 Å². The maximum absolute atomic E-state index is 13.1. The number of hydroxylamine groups is 1. The van der Waals surface area contributed by atoms with E-state index >= 15 is 0 Å². The van der Waals surface area contributed by atoms with Gasteiger partial charge in [-0.3, -0.25) is 14.8 Å². The Balaban J connectivity index is 1.79. The van der Waals surface area contributed by atoms with Crippen molar-refractivity contribution in [2.75, 3.05) is 6.54 Å². The summed E-state index contributed by atoms with van der Waals surface area (Å²) >= 11 is 11.8. The molecular formula is C18H17Cl2N3O6S. The molecule has 0 unspecified atom stereocenters. The second kappa shape index (κ2) is 9.19. The van der Waals surface area contributed by atoms with E-state index < -0.39 is 33.9 Å². The van der Waals surface area contributed by atoms with Crippen molar-refractivity contribution in [1.29, 1.82) is 0 Å². The van der Waals surface area contributed by atoms with Gasteiger partial charge < -0.3 is 9.73 Å². The van der Waals surface area contributed by atoms with Gasteiger partial charge in [-0.1, -0.05) is 23.2 Å². The van der Waals surface area contributed by atoms with Crippen LogP contribution in [0.2, 0.25) is 10.0 Å². The molecule has 1 fully saturated rings. The first-order chi connectivity index (χ1) is 14.2. The third-order valence-corrected chi connectivity index (χ3v) is 7.06. The van der Waals surface area contributed by atoms with Crippen LogP contribution in [0.4, 0.5) is 0 Å². The van der Waals surface area contributed by atoms with E-state index in [0.717, 1.165) is 4.31 Å². The molecule has 2 aromatic rings. The summed E-state index contributed by atoms with van der Waals surface area (Å²) in [6.07, 6.45) is 4.11. The summed E-state index contributed by atoms with van der Waals surface area (Å²) in [7, 11) is -4.16. The predicted octanol–water partition coefficient (Wildman–Crippen LogP) is 2.05. The number of hydrogen-bond donors (Lipinski definition) is 3. The predicted molar refractivity (Wildman–Crippen MR) is 108 cm³/mol. The van der Waals surface area contributed by atoms with Crippen LogP contribution >= 0.6 is 23.2 Å². The Morgan fingerprint density at radius 1 is 1.23 bits per heavy atom. The minimum atomic E-state index is -4.16. The van der Waals surface area contributed by atoms with Gasteiger partial charge in [0.05, 0.1) is 21.2 Å². The fourth-order valence-electron chi connectivity index (χ4n) is 3.05. The lowest BCUT2D eigenvalue weighted by Crippen LogP contribution is -2.45. The Kier molecular flexibility index (Phi) is 6.84. The van der Waals surface area contributed by atoms with Crippen molar-refractivity contribution in [3.05, 3.63) is 58.5 Å². The summed E-state index contributed by atoms with van der Waals surface area (Å²) in [5.74, 6) is -0.937. The van der Waals surface area contributed by atoms with Crippen molar-refractivity contribution in [1.82, 2.24) is 15.1 Å². The third-order valence-electron chi connectivity index (χ3n) is 4.45. The summed E-state index contributed by atoms with van der Waals surface area (Å²) in [5.41, 5.74) is 1.47. The molecule has 3 N–H and O–H groups in total. The first kappa shape index (κ1) is 22.3. The molecule has 2 amide bonds. The zero-order valence-electron chi connectivity index (χ0n) is 15.3. The van der Waals surface area contributed by atoms with Gasteiger partial charge >= 0.3 is 0 Å². The molecule has 160 valence electrons. The van der Waals surface area contributed by atoms with Crippen LogP contribution in [0.25, 0.3) is 6.08 Å². The van der Waals surface area contributed by atoms with Crippen molar-refractivity contribution in [3.8, 4) is 0 Å². The molecule has 1 saturated heterocycles. The molecule has 30 heavy (non-hydrogen) atoms. The van der Waals surface area contributed by atoms with E-state index in [1.807, 2.05) is 0 Å². The summed E-state index contributed by atoms with van der Waals surface area (Å²) in [5, 5.41) is 11.9. The molecular weight excluding hydrogens is 457 g/mol. The molecule has 1 aromatic heterocycles. The molecule has 1 aliphatic rings. The standard InChI is InChI=1S/C18H17Cl2N3O6S/c19-14-5-4-13(9-15(14)20)30(27,28)23-10-11(8-16(23)18(25)22-26)21-17(24)6-3-12-2-1-7-29-12/h1-7,9,11,16,26H,8,10H2,(H,21,24)(H,22,25)/b6-3+/t11-,16+/m0/s1. The van der Waals surface area contributed by atoms with Gasteiger partial charge in [0, 0.05) is 18.7 Å². The number of halogens is 2. The average Bonchev–Trinajstić information content (AvgIpc) is 3.38. The molecule has 0 radical (unpaired) electrons. The quantitative estimate of drug-likeness (QED) is 0.334. The number of hydrogen-bond acceptors (Lipinski definition) is 6. The molecule has 0 bridgehead atoms. The van der Waals surface area contributed by atoms with Crippen LogP contribution in [0.3, 0.4) is 0 Å². The van der Waals surface area contributed by atoms with Gasteiger partial charge in [-0.2, -0.15) is 4.31 Å². The average molecular weight is 474 g/mol. The zero-order chi connectivity index (χ0) is 21.9. The van der Waals surface area contributed by atoms with Crippen molar-refractivity contribution in [3.63, 3.8) is 0 Å². The summed E-state index contributed by atoms with van der Waals surface area (Å²) in [4.78, 5) is 24.1. The first-order valence-corrected chi connectivity index (χ1v) is 10.8. The molecule has 2 heterocycles. The Labute approximate surface area is 182 Å². The van der Waals surface area contributed by atoms with Crippen LogP contribution in [0.15, 0.2) is 52.0 Å². The Bertz CT molecular complexity index is 1070. The monoisotopic (exact) mass is 473 g/mol. The Morgan fingerprint density at radius 3 is 2.63 bits per heavy atom. The topological polar surface area (TPSA) is 129 Å². The van der Waals surface area contributed by atoms with Crippen LogP contribution in [0.5, 0.6) is 0 Å². The van der Waals surface area contributed by atoms with E-state index in [9.17, 15) is 18.0 Å². The second-order valence-corrected chi connectivity index (χ2v) is 9.14. The highest BCUT2D eigenvalue weighted by Crippen LogP contribution is 2.30. The van der Waals surface area contributed by atoms with Crippen LogP contribution in [-0.2, 0) is 19.6 Å². The molecule has 3 rings (SSSR count). The zero-order valence-corrected chi connectivity index (χ0v) is 17.6. The minimum absolute atomic E-state index is 0.0344. The highest BCUT2D eigenvalue weighted by molar-refractivity contribution is 7.89. The fraction of sp³-hybridized carbons (Fsp3) is 0.222. The molecule has 2 atom stereocenters. The molecule has 0 saturated carbocycles. The lowest BCUT2D eigenvalue weighted by atomic mass is 10.1. The number of sulfonamides is 1. The van der Waals surface area contributed by atoms with E-state index in [1.165, 1.54) is 42.1 Å². The third kappa shape index (κ3) is 4.85. The smallest absolute Gasteiger partial charge is 0.261 e. The van der Waals surface area contributed by atoms with Gasteiger partial charge in [-0.15, -0.1) is 0 Å². The summed E-state index contributed by atoms with van der Waals surface area (Å²) < 4.78 is 32.1. The number of carbonyl (C=O) groups excluding carboxylic acids is 2. The molecule has 0 aliphatic carbocycles. The number of furan rings is 1. The van der Waals surface area contributed by atoms with E-state index in [1.54, 1.807) is 12.1 Å². The van der Waals surface area contributed by atoms with Gasteiger partial charge in [0.1, 0.15) is 11.8 Å². The summed E-state index contributed by atoms with van der Waals surface area (Å²) in [6, 6.07) is 5.19. The van der Waals surface area contributed by atoms with E-state index in [4.69, 9.17) is 32.8 Å². The van der Waals surface area contributed by atoms with Crippen LogP contribution in [0.1, 0.15) is 12.2 Å². The molecule has 12 heteroatoms. The van der Waals surface area contributed by atoms with Gasteiger partial charge in [-0.25, -0.2) is 13.9 Å². The highest BCUT2D eigenvalue weighted by atomic mass is 35.5. The van der Waals surface area contributed by atoms with Crippen LogP contribution in [-0.4, -0.2) is 48.4 Å². The number of nitrogens with zero attached hydrogens (tertiary/aromatic N) is 1. The van der Waals surface area contributed by atoms with Crippen LogP contribution in [0, 0.1) is 0 Å². The molecule has 1 aliphatic heterocycles. The van der Waals surface area contributed by atoms with Crippen LogP contribution < -0.4 is 10.8 Å². The first-order valence-electron chi connectivity index (χ1n) is 8.65. The lowest BCUT2D eigenvalue weighted by molar-refractivity contribution is -0.132. The highest BCUT2D eigenvalue weighted by Gasteiger charge is 2.44. The Hall–Kier alpha value is -2.37. The number of carbonyl (C=O) groups is 2. The van der Waals surface area contributed by atoms with Gasteiger partial charge in [0.2, 0.25) is 15.9 Å². The number of amides is 2. The van der Waals surface area contributed by atoms with Crippen molar-refractivity contribution < 1.29 is 27.6 Å². The maximum atomic E-state index is 13.1. The molecule has 0 spiro atoms. The van der Waals surface area contributed by atoms with Crippen molar-refractivity contribution >= 4 is 51.1 Å². The number of benzene rings is 1. The second-order valence-electron chi connectivity index (χ2n) is 6.43. The van der Waals surface area contributed by atoms with Crippen molar-refractivity contribution in [2.45, 2.75) is 23.4 Å². The van der Waals surface area contributed by atoms with E-state index in [0.29, 0.717) is 5.76 Å². The van der Waals surface area contributed by atoms with Gasteiger partial charge in [-0.05, 0) is 42.8 Å². The van der Waals surface area contributed by atoms with Crippen molar-refractivity contribution in [2.24, 2.45) is 0 Å². The van der Waals surface area contributed by atoms with E-state index in [-0.39, 0.29) is 27.9 Å². The number of rotatable bonds is 6. The normalized spacial score (nSPS) is 19.8. The van der Waals surface area contributed by atoms with Gasteiger partial charge in [0.15, 0.2) is 0 Å². The lowest BCUT2D eigenvalue weighted by Gasteiger charge is -2.22. The maximum Gasteiger partial charge on any atom is 0.261 e. The summed E-state index contributed by atoms with van der Waals surface area (Å²) in [6.45, 7) is -0.180. The fourth-order valence-corrected chi connectivity index (χ4v) is 5.09. The minimum Gasteiger partial charge on any atom is -0.465 e. The Morgan fingerprint density at radius 2 is 2.00 bits per heavy atom. The molecule has 9 nitrogen and oxygen atoms in total. The number of nitrogens with one attached hydrogen (secondary N) is 2. The largest absolute Gasteiger partial charge is 0.465 e.